The number of ether oxygens (including phenoxy) is 1. The molecule has 2 heterocycles. The average molecular weight is 485 g/mol. The SMILES string of the molecule is CCc1c(C)sc2nc(SCCOc3ccccc3Cl)n(-c3cccc(C)c3C)c(=O)c12. The molecule has 0 saturated heterocycles. The second-order valence-corrected chi connectivity index (χ2v) is 10.2. The fourth-order valence-corrected chi connectivity index (χ4v) is 5.92. The molecule has 0 amide bonds. The minimum absolute atomic E-state index is 0.000535. The number of thiophene rings is 1. The van der Waals surface area contributed by atoms with Crippen LogP contribution in [0.2, 0.25) is 5.02 Å². The minimum Gasteiger partial charge on any atom is -0.491 e. The normalized spacial score (nSPS) is 11.3. The highest BCUT2D eigenvalue weighted by molar-refractivity contribution is 7.99. The summed E-state index contributed by atoms with van der Waals surface area (Å²) < 4.78 is 7.61. The van der Waals surface area contributed by atoms with Crippen molar-refractivity contribution in [1.82, 2.24) is 9.55 Å². The number of aromatic nitrogens is 2. The summed E-state index contributed by atoms with van der Waals surface area (Å²) in [5.41, 5.74) is 4.20. The first kappa shape index (κ1) is 22.9. The van der Waals surface area contributed by atoms with Crippen molar-refractivity contribution in [1.29, 1.82) is 0 Å². The zero-order valence-corrected chi connectivity index (χ0v) is 21.0. The molecule has 4 rings (SSSR count). The quantitative estimate of drug-likeness (QED) is 0.165. The van der Waals surface area contributed by atoms with Gasteiger partial charge in [0.25, 0.3) is 5.56 Å². The Morgan fingerprint density at radius 2 is 1.91 bits per heavy atom. The van der Waals surface area contributed by atoms with E-state index in [0.29, 0.717) is 28.3 Å². The van der Waals surface area contributed by atoms with Crippen LogP contribution in [0, 0.1) is 20.8 Å². The Kier molecular flexibility index (Phi) is 6.93. The molecule has 0 bridgehead atoms. The summed E-state index contributed by atoms with van der Waals surface area (Å²) in [7, 11) is 0. The summed E-state index contributed by atoms with van der Waals surface area (Å²) in [6.07, 6.45) is 0.813. The molecular formula is C25H25ClN2O2S2. The smallest absolute Gasteiger partial charge is 0.267 e. The molecule has 2 aromatic heterocycles. The summed E-state index contributed by atoms with van der Waals surface area (Å²) in [5, 5.41) is 2.01. The van der Waals surface area contributed by atoms with E-state index in [4.69, 9.17) is 21.3 Å². The molecule has 4 aromatic rings. The van der Waals surface area contributed by atoms with Gasteiger partial charge in [0, 0.05) is 10.6 Å². The van der Waals surface area contributed by atoms with Gasteiger partial charge in [-0.2, -0.15) is 0 Å². The van der Waals surface area contributed by atoms with E-state index in [0.717, 1.165) is 43.9 Å². The van der Waals surface area contributed by atoms with Crippen LogP contribution in [0.3, 0.4) is 0 Å². The molecule has 0 saturated carbocycles. The Bertz CT molecular complexity index is 1340. The number of halogens is 1. The van der Waals surface area contributed by atoms with Crippen LogP contribution >= 0.6 is 34.7 Å². The lowest BCUT2D eigenvalue weighted by Gasteiger charge is -2.16. The zero-order chi connectivity index (χ0) is 22.8. The molecule has 0 atom stereocenters. The third-order valence-corrected chi connectivity index (χ3v) is 7.83. The summed E-state index contributed by atoms with van der Waals surface area (Å²) in [4.78, 5) is 20.7. The van der Waals surface area contributed by atoms with E-state index in [1.165, 1.54) is 11.8 Å². The van der Waals surface area contributed by atoms with Gasteiger partial charge >= 0.3 is 0 Å². The number of fused-ring (bicyclic) bond motifs is 1. The van der Waals surface area contributed by atoms with Gasteiger partial charge in [0.05, 0.1) is 22.7 Å². The zero-order valence-electron chi connectivity index (χ0n) is 18.6. The molecule has 7 heteroatoms. The monoisotopic (exact) mass is 484 g/mol. The van der Waals surface area contributed by atoms with E-state index >= 15 is 0 Å². The second-order valence-electron chi connectivity index (χ2n) is 7.55. The number of hydrogen-bond acceptors (Lipinski definition) is 5. The van der Waals surface area contributed by atoms with Gasteiger partial charge in [0.1, 0.15) is 10.6 Å². The fraction of sp³-hybridized carbons (Fsp3) is 0.280. The topological polar surface area (TPSA) is 44.1 Å². The average Bonchev–Trinajstić information content (AvgIpc) is 3.10. The van der Waals surface area contributed by atoms with Crippen molar-refractivity contribution in [2.75, 3.05) is 12.4 Å². The van der Waals surface area contributed by atoms with Crippen molar-refractivity contribution in [3.8, 4) is 11.4 Å². The van der Waals surface area contributed by atoms with Crippen molar-refractivity contribution < 1.29 is 4.74 Å². The van der Waals surface area contributed by atoms with Gasteiger partial charge in [-0.15, -0.1) is 11.3 Å². The molecule has 0 aliphatic carbocycles. The van der Waals surface area contributed by atoms with Crippen molar-refractivity contribution in [3.63, 3.8) is 0 Å². The van der Waals surface area contributed by atoms with Crippen LogP contribution in [0.1, 0.15) is 28.5 Å². The van der Waals surface area contributed by atoms with Crippen molar-refractivity contribution in [2.24, 2.45) is 0 Å². The largest absolute Gasteiger partial charge is 0.491 e. The maximum atomic E-state index is 13.8. The maximum Gasteiger partial charge on any atom is 0.267 e. The molecule has 0 unspecified atom stereocenters. The van der Waals surface area contributed by atoms with Crippen LogP contribution in [0.25, 0.3) is 15.9 Å². The first-order chi connectivity index (χ1) is 15.4. The van der Waals surface area contributed by atoms with E-state index in [1.54, 1.807) is 15.9 Å². The molecule has 2 aromatic carbocycles. The number of para-hydroxylation sites is 1. The van der Waals surface area contributed by atoms with Crippen molar-refractivity contribution >= 4 is 44.9 Å². The fourth-order valence-electron chi connectivity index (χ4n) is 3.76. The van der Waals surface area contributed by atoms with Crippen molar-refractivity contribution in [2.45, 2.75) is 39.3 Å². The van der Waals surface area contributed by atoms with Crippen LogP contribution in [-0.4, -0.2) is 21.9 Å². The van der Waals surface area contributed by atoms with Gasteiger partial charge < -0.3 is 4.74 Å². The number of nitrogens with zero attached hydrogens (tertiary/aromatic N) is 2. The third kappa shape index (κ3) is 4.32. The number of hydrogen-bond donors (Lipinski definition) is 0. The molecule has 0 N–H and O–H groups in total. The molecule has 0 spiro atoms. The highest BCUT2D eigenvalue weighted by atomic mass is 35.5. The van der Waals surface area contributed by atoms with Crippen LogP contribution in [0.15, 0.2) is 52.4 Å². The standard InChI is InChI=1S/C25H25ClN2O2S2/c1-5-18-17(4)32-23-22(18)24(29)28(20-11-8-9-15(2)16(20)3)25(27-23)31-14-13-30-21-12-7-6-10-19(21)26/h6-12H,5,13-14H2,1-4H3. The molecule has 0 aliphatic heterocycles. The molecule has 4 nitrogen and oxygen atoms in total. The van der Waals surface area contributed by atoms with Gasteiger partial charge in [-0.3, -0.25) is 9.36 Å². The molecular weight excluding hydrogens is 460 g/mol. The lowest BCUT2D eigenvalue weighted by molar-refractivity contribution is 0.344. The Morgan fingerprint density at radius 3 is 2.66 bits per heavy atom. The Hall–Kier alpha value is -2.28. The first-order valence-corrected chi connectivity index (χ1v) is 12.7. The van der Waals surface area contributed by atoms with Crippen LogP contribution in [0.5, 0.6) is 5.75 Å². The molecule has 32 heavy (non-hydrogen) atoms. The van der Waals surface area contributed by atoms with Gasteiger partial charge in [0.2, 0.25) is 0 Å². The lowest BCUT2D eigenvalue weighted by atomic mass is 10.1. The predicted octanol–water partition coefficient (Wildman–Crippen LogP) is 6.76. The Balaban J connectivity index is 1.74. The lowest BCUT2D eigenvalue weighted by Crippen LogP contribution is -2.23. The van der Waals surface area contributed by atoms with E-state index in [-0.39, 0.29) is 5.56 Å². The number of benzene rings is 2. The van der Waals surface area contributed by atoms with Crippen molar-refractivity contribution in [3.05, 3.63) is 79.4 Å². The number of rotatable bonds is 7. The predicted molar refractivity (Wildman–Crippen MR) is 136 cm³/mol. The van der Waals surface area contributed by atoms with Crippen LogP contribution < -0.4 is 10.3 Å². The molecule has 0 radical (unpaired) electrons. The van der Waals surface area contributed by atoms with Crippen LogP contribution in [0.4, 0.5) is 0 Å². The van der Waals surface area contributed by atoms with Gasteiger partial charge in [-0.1, -0.05) is 54.6 Å². The van der Waals surface area contributed by atoms with E-state index in [1.807, 2.05) is 36.4 Å². The van der Waals surface area contributed by atoms with E-state index in [9.17, 15) is 4.79 Å². The third-order valence-electron chi connectivity index (χ3n) is 5.58. The second kappa shape index (κ2) is 9.69. The summed E-state index contributed by atoms with van der Waals surface area (Å²) >= 11 is 9.30. The summed E-state index contributed by atoms with van der Waals surface area (Å²) in [6.45, 7) is 8.73. The van der Waals surface area contributed by atoms with Crippen LogP contribution in [-0.2, 0) is 6.42 Å². The highest BCUT2D eigenvalue weighted by Gasteiger charge is 2.20. The molecule has 0 fully saturated rings. The Morgan fingerprint density at radius 1 is 1.12 bits per heavy atom. The first-order valence-electron chi connectivity index (χ1n) is 10.5. The van der Waals surface area contributed by atoms with E-state index in [2.05, 4.69) is 33.8 Å². The number of aryl methyl sites for hydroxylation is 3. The van der Waals surface area contributed by atoms with Gasteiger partial charge in [-0.25, -0.2) is 4.98 Å². The molecule has 166 valence electrons. The van der Waals surface area contributed by atoms with Gasteiger partial charge in [0.15, 0.2) is 5.16 Å². The van der Waals surface area contributed by atoms with E-state index < -0.39 is 0 Å². The Labute approximate surface area is 201 Å². The number of thioether (sulfide) groups is 1. The molecule has 0 aliphatic rings. The maximum absolute atomic E-state index is 13.8. The minimum atomic E-state index is -0.000535. The summed E-state index contributed by atoms with van der Waals surface area (Å²) in [6, 6.07) is 13.5. The van der Waals surface area contributed by atoms with Gasteiger partial charge in [-0.05, 0) is 62.1 Å². The highest BCUT2D eigenvalue weighted by Crippen LogP contribution is 2.31. The summed E-state index contributed by atoms with van der Waals surface area (Å²) in [5.74, 6) is 1.30.